The third kappa shape index (κ3) is 8.36. The van der Waals surface area contributed by atoms with E-state index in [1.165, 1.54) is 0 Å². The van der Waals surface area contributed by atoms with Gasteiger partial charge in [-0.2, -0.15) is 0 Å². The van der Waals surface area contributed by atoms with Gasteiger partial charge in [0.05, 0.1) is 6.54 Å². The van der Waals surface area contributed by atoms with Crippen molar-refractivity contribution in [3.8, 4) is 11.1 Å². The monoisotopic (exact) mass is 488 g/mol. The van der Waals surface area contributed by atoms with Crippen LogP contribution < -0.4 is 10.6 Å². The van der Waals surface area contributed by atoms with Gasteiger partial charge in [-0.05, 0) is 49.1 Å². The summed E-state index contributed by atoms with van der Waals surface area (Å²) in [6.45, 7) is 5.97. The minimum atomic E-state index is -1.13. The number of amides is 1. The number of hydrogen-bond donors (Lipinski definition) is 3. The lowest BCUT2D eigenvalue weighted by atomic mass is 9.99. The van der Waals surface area contributed by atoms with Crippen molar-refractivity contribution in [2.24, 2.45) is 0 Å². The maximum atomic E-state index is 12.3. The highest BCUT2D eigenvalue weighted by Crippen LogP contribution is 2.22. The van der Waals surface area contributed by atoms with Crippen molar-refractivity contribution >= 4 is 17.8 Å². The van der Waals surface area contributed by atoms with Gasteiger partial charge in [0.15, 0.2) is 5.78 Å². The average molecular weight is 489 g/mol. The Morgan fingerprint density at radius 3 is 2.19 bits per heavy atom. The SMILES string of the molecule is CC(C)(C)OC(=O)N[C@@H](Cc1ccc(-c2cccc(CNCC(=O)c3ccccc3)c2)cc1)C(=O)O. The van der Waals surface area contributed by atoms with Gasteiger partial charge >= 0.3 is 12.1 Å². The van der Waals surface area contributed by atoms with Gasteiger partial charge in [-0.1, -0.05) is 72.8 Å². The number of carboxylic acids is 1. The lowest BCUT2D eigenvalue weighted by Crippen LogP contribution is -2.44. The van der Waals surface area contributed by atoms with Crippen molar-refractivity contribution in [2.75, 3.05) is 6.54 Å². The number of nitrogens with one attached hydrogen (secondary N) is 2. The molecule has 0 aromatic heterocycles. The molecule has 0 unspecified atom stereocenters. The van der Waals surface area contributed by atoms with Crippen LogP contribution in [0.15, 0.2) is 78.9 Å². The zero-order valence-corrected chi connectivity index (χ0v) is 20.8. The fourth-order valence-corrected chi connectivity index (χ4v) is 3.63. The molecule has 7 nitrogen and oxygen atoms in total. The summed E-state index contributed by atoms with van der Waals surface area (Å²) in [4.78, 5) is 35.9. The first-order valence-electron chi connectivity index (χ1n) is 11.8. The van der Waals surface area contributed by atoms with E-state index in [0.717, 1.165) is 22.3 Å². The minimum Gasteiger partial charge on any atom is -0.480 e. The number of rotatable bonds is 10. The number of carbonyl (C=O) groups is 3. The molecule has 3 aromatic rings. The smallest absolute Gasteiger partial charge is 0.408 e. The molecule has 1 atom stereocenters. The third-order valence-corrected chi connectivity index (χ3v) is 5.35. The molecule has 0 saturated carbocycles. The Morgan fingerprint density at radius 1 is 0.861 bits per heavy atom. The zero-order chi connectivity index (χ0) is 26.1. The summed E-state index contributed by atoms with van der Waals surface area (Å²) < 4.78 is 5.17. The summed E-state index contributed by atoms with van der Waals surface area (Å²) >= 11 is 0. The summed E-state index contributed by atoms with van der Waals surface area (Å²) in [5.41, 5.74) is 3.79. The Bertz CT molecular complexity index is 1180. The van der Waals surface area contributed by atoms with Crippen LogP contribution in [0.1, 0.15) is 42.3 Å². The van der Waals surface area contributed by atoms with E-state index < -0.39 is 23.7 Å². The molecule has 0 aliphatic carbocycles. The van der Waals surface area contributed by atoms with E-state index in [2.05, 4.69) is 16.7 Å². The van der Waals surface area contributed by atoms with Crippen LogP contribution in [-0.2, 0) is 22.5 Å². The normalized spacial score (nSPS) is 12.0. The molecule has 3 rings (SSSR count). The Kier molecular flexibility index (Phi) is 8.97. The fraction of sp³-hybridized carbons (Fsp3) is 0.276. The Hall–Kier alpha value is -3.97. The number of hydrogen-bond acceptors (Lipinski definition) is 5. The summed E-state index contributed by atoms with van der Waals surface area (Å²) in [6, 6.07) is 23.7. The summed E-state index contributed by atoms with van der Waals surface area (Å²) in [5.74, 6) is -1.08. The third-order valence-electron chi connectivity index (χ3n) is 5.35. The molecule has 0 bridgehead atoms. The molecule has 3 aromatic carbocycles. The van der Waals surface area contributed by atoms with Crippen LogP contribution in [0, 0.1) is 0 Å². The molecule has 7 heteroatoms. The topological polar surface area (TPSA) is 105 Å². The van der Waals surface area contributed by atoms with E-state index in [4.69, 9.17) is 4.74 Å². The summed E-state index contributed by atoms with van der Waals surface area (Å²) in [6.07, 6.45) is -0.628. The number of benzene rings is 3. The van der Waals surface area contributed by atoms with Crippen LogP contribution in [-0.4, -0.2) is 41.1 Å². The van der Waals surface area contributed by atoms with Crippen molar-refractivity contribution in [1.82, 2.24) is 10.6 Å². The maximum Gasteiger partial charge on any atom is 0.408 e. The Balaban J connectivity index is 1.58. The van der Waals surface area contributed by atoms with Gasteiger partial charge in [0.1, 0.15) is 11.6 Å². The van der Waals surface area contributed by atoms with Gasteiger partial charge in [0.25, 0.3) is 0 Å². The lowest BCUT2D eigenvalue weighted by Gasteiger charge is -2.22. The van der Waals surface area contributed by atoms with Crippen LogP contribution in [0.2, 0.25) is 0 Å². The van der Waals surface area contributed by atoms with Gasteiger partial charge < -0.3 is 20.5 Å². The molecule has 0 spiro atoms. The quantitative estimate of drug-likeness (QED) is 0.353. The predicted octanol–water partition coefficient (Wildman–Crippen LogP) is 4.85. The van der Waals surface area contributed by atoms with Crippen LogP contribution in [0.3, 0.4) is 0 Å². The Labute approximate surface area is 211 Å². The molecule has 1 amide bonds. The van der Waals surface area contributed by atoms with E-state index in [9.17, 15) is 19.5 Å². The van der Waals surface area contributed by atoms with Crippen LogP contribution in [0.25, 0.3) is 11.1 Å². The van der Waals surface area contributed by atoms with Crippen LogP contribution in [0.4, 0.5) is 4.79 Å². The standard InChI is InChI=1S/C29H32N2O5/c1-29(2,3)36-28(35)31-25(27(33)34)17-20-12-14-22(15-13-20)24-11-7-8-21(16-24)18-30-19-26(32)23-9-5-4-6-10-23/h4-16,25,30H,17-19H2,1-3H3,(H,31,35)(H,33,34)/t25-/m0/s1. The van der Waals surface area contributed by atoms with E-state index in [0.29, 0.717) is 12.1 Å². The second-order valence-electron chi connectivity index (χ2n) is 9.53. The van der Waals surface area contributed by atoms with Crippen molar-refractivity contribution in [3.05, 3.63) is 95.6 Å². The van der Waals surface area contributed by atoms with Crippen molar-refractivity contribution in [1.29, 1.82) is 0 Å². The second kappa shape index (κ2) is 12.1. The zero-order valence-electron chi connectivity index (χ0n) is 20.8. The summed E-state index contributed by atoms with van der Waals surface area (Å²) in [7, 11) is 0. The molecular weight excluding hydrogens is 456 g/mol. The highest BCUT2D eigenvalue weighted by atomic mass is 16.6. The largest absolute Gasteiger partial charge is 0.480 e. The van der Waals surface area contributed by atoms with Gasteiger partial charge in [0.2, 0.25) is 0 Å². The molecule has 0 radical (unpaired) electrons. The van der Waals surface area contributed by atoms with E-state index in [1.54, 1.807) is 32.9 Å². The first kappa shape index (κ1) is 26.6. The first-order chi connectivity index (χ1) is 17.1. The van der Waals surface area contributed by atoms with Crippen molar-refractivity contribution in [2.45, 2.75) is 45.4 Å². The Morgan fingerprint density at radius 2 is 1.56 bits per heavy atom. The molecule has 0 fully saturated rings. The average Bonchev–Trinajstić information content (AvgIpc) is 2.83. The number of ether oxygens (including phenoxy) is 1. The molecule has 0 aliphatic rings. The first-order valence-corrected chi connectivity index (χ1v) is 11.8. The minimum absolute atomic E-state index is 0.0446. The van der Waals surface area contributed by atoms with Crippen molar-refractivity contribution in [3.63, 3.8) is 0 Å². The second-order valence-corrected chi connectivity index (χ2v) is 9.53. The molecule has 36 heavy (non-hydrogen) atoms. The van der Waals surface area contributed by atoms with Crippen molar-refractivity contribution < 1.29 is 24.2 Å². The highest BCUT2D eigenvalue weighted by molar-refractivity contribution is 5.97. The van der Waals surface area contributed by atoms with Crippen LogP contribution >= 0.6 is 0 Å². The van der Waals surface area contributed by atoms with E-state index in [-0.39, 0.29) is 18.7 Å². The van der Waals surface area contributed by atoms with E-state index in [1.807, 2.05) is 60.7 Å². The van der Waals surface area contributed by atoms with Gasteiger partial charge in [-0.15, -0.1) is 0 Å². The predicted molar refractivity (Wildman–Crippen MR) is 139 cm³/mol. The highest BCUT2D eigenvalue weighted by Gasteiger charge is 2.24. The number of carboxylic acid groups (broad SMARTS) is 1. The molecule has 0 saturated heterocycles. The number of ketones is 1. The fourth-order valence-electron chi connectivity index (χ4n) is 3.63. The number of carbonyl (C=O) groups excluding carboxylic acids is 2. The molecular formula is C29H32N2O5. The van der Waals surface area contributed by atoms with Crippen LogP contribution in [0.5, 0.6) is 0 Å². The number of alkyl carbamates (subject to hydrolysis) is 1. The van der Waals surface area contributed by atoms with Gasteiger partial charge in [0, 0.05) is 18.5 Å². The summed E-state index contributed by atoms with van der Waals surface area (Å²) in [5, 5.41) is 15.1. The van der Waals surface area contributed by atoms with Gasteiger partial charge in [-0.25, -0.2) is 9.59 Å². The van der Waals surface area contributed by atoms with Gasteiger partial charge in [-0.3, -0.25) is 4.79 Å². The molecule has 0 heterocycles. The number of Topliss-reactive ketones (excluding diaryl/α,β-unsaturated/α-hetero) is 1. The molecule has 3 N–H and O–H groups in total. The van der Waals surface area contributed by atoms with E-state index >= 15 is 0 Å². The number of aliphatic carboxylic acids is 1. The molecule has 188 valence electrons. The maximum absolute atomic E-state index is 12.3. The lowest BCUT2D eigenvalue weighted by molar-refractivity contribution is -0.139. The molecule has 0 aliphatic heterocycles.